The van der Waals surface area contributed by atoms with Gasteiger partial charge in [-0.15, -0.1) is 5.10 Å². The minimum absolute atomic E-state index is 0.0751. The Labute approximate surface area is 108 Å². The second-order valence-corrected chi connectivity index (χ2v) is 3.91. The zero-order valence-corrected chi connectivity index (χ0v) is 9.82. The van der Waals surface area contributed by atoms with Crippen LogP contribution in [0, 0.1) is 0 Å². The smallest absolute Gasteiger partial charge is 0.354 e. The molecule has 0 saturated heterocycles. The van der Waals surface area contributed by atoms with E-state index < -0.39 is 5.97 Å². The Morgan fingerprint density at radius 3 is 2.63 bits per heavy atom. The number of carbonyl (C=O) groups is 1. The second kappa shape index (κ2) is 4.41. The Morgan fingerprint density at radius 1 is 1.11 bits per heavy atom. The summed E-state index contributed by atoms with van der Waals surface area (Å²) in [7, 11) is 0. The van der Waals surface area contributed by atoms with Gasteiger partial charge in [-0.2, -0.15) is 4.98 Å². The third kappa shape index (κ3) is 2.11. The third-order valence-corrected chi connectivity index (χ3v) is 2.61. The average molecular weight is 254 g/mol. The Bertz CT molecular complexity index is 737. The highest BCUT2D eigenvalue weighted by atomic mass is 16.4. The average Bonchev–Trinajstić information content (AvgIpc) is 2.81. The summed E-state index contributed by atoms with van der Waals surface area (Å²) in [6.45, 7) is 0. The fourth-order valence-electron chi connectivity index (χ4n) is 1.77. The zero-order chi connectivity index (χ0) is 13.2. The molecule has 0 amide bonds. The predicted molar refractivity (Wildman–Crippen MR) is 69.7 cm³/mol. The van der Waals surface area contributed by atoms with Crippen LogP contribution in [0.4, 0.5) is 11.6 Å². The third-order valence-electron chi connectivity index (χ3n) is 2.61. The van der Waals surface area contributed by atoms with Crippen LogP contribution in [-0.4, -0.2) is 25.7 Å². The molecule has 6 nitrogen and oxygen atoms in total. The fourth-order valence-corrected chi connectivity index (χ4v) is 1.77. The van der Waals surface area contributed by atoms with Crippen molar-refractivity contribution in [3.8, 4) is 0 Å². The molecule has 0 fully saturated rings. The molecule has 2 heterocycles. The number of nitrogens with one attached hydrogen (secondary N) is 1. The van der Waals surface area contributed by atoms with Crippen LogP contribution in [0.5, 0.6) is 0 Å². The van der Waals surface area contributed by atoms with Gasteiger partial charge in [0.2, 0.25) is 5.95 Å². The lowest BCUT2D eigenvalue weighted by molar-refractivity contribution is 0.0687. The minimum atomic E-state index is -1.04. The van der Waals surface area contributed by atoms with Crippen molar-refractivity contribution in [3.05, 3.63) is 54.2 Å². The molecule has 3 aromatic rings. The van der Waals surface area contributed by atoms with Gasteiger partial charge in [-0.3, -0.25) is 0 Å². The van der Waals surface area contributed by atoms with Crippen molar-refractivity contribution in [2.45, 2.75) is 0 Å². The van der Waals surface area contributed by atoms with E-state index in [1.165, 1.54) is 10.6 Å². The van der Waals surface area contributed by atoms with Crippen molar-refractivity contribution < 1.29 is 9.90 Å². The van der Waals surface area contributed by atoms with Gasteiger partial charge in [-0.25, -0.2) is 9.31 Å². The number of nitrogens with zero attached hydrogens (tertiary/aromatic N) is 3. The van der Waals surface area contributed by atoms with E-state index in [4.69, 9.17) is 5.11 Å². The molecule has 3 rings (SSSR count). The summed E-state index contributed by atoms with van der Waals surface area (Å²) in [5, 5.41) is 16.2. The van der Waals surface area contributed by atoms with Crippen LogP contribution in [0.2, 0.25) is 0 Å². The van der Waals surface area contributed by atoms with Crippen LogP contribution in [0.1, 0.15) is 10.5 Å². The fraction of sp³-hybridized carbons (Fsp3) is 0. The molecular formula is C13H10N4O2. The van der Waals surface area contributed by atoms with Crippen LogP contribution < -0.4 is 5.32 Å². The number of hydrogen-bond donors (Lipinski definition) is 2. The maximum Gasteiger partial charge on any atom is 0.354 e. The van der Waals surface area contributed by atoms with E-state index in [0.717, 1.165) is 5.69 Å². The van der Waals surface area contributed by atoms with Crippen LogP contribution in [0.15, 0.2) is 48.5 Å². The zero-order valence-electron chi connectivity index (χ0n) is 9.82. The van der Waals surface area contributed by atoms with E-state index in [1.54, 1.807) is 12.1 Å². The lowest BCUT2D eigenvalue weighted by Crippen LogP contribution is -2.05. The Balaban J connectivity index is 2.03. The highest BCUT2D eigenvalue weighted by Gasteiger charge is 2.11. The van der Waals surface area contributed by atoms with E-state index >= 15 is 0 Å². The molecule has 2 N–H and O–H groups in total. The van der Waals surface area contributed by atoms with Gasteiger partial charge in [0.15, 0.2) is 11.3 Å². The number of fused-ring (bicyclic) bond motifs is 1. The number of anilines is 2. The molecule has 2 aromatic heterocycles. The number of hydrogen-bond acceptors (Lipinski definition) is 4. The molecule has 0 aliphatic rings. The quantitative estimate of drug-likeness (QED) is 0.748. The summed E-state index contributed by atoms with van der Waals surface area (Å²) in [6.07, 6.45) is 0. The molecule has 0 atom stereocenters. The SMILES string of the molecule is O=C(O)c1cccc2nc(Nc3ccccc3)nn12. The first-order valence-electron chi connectivity index (χ1n) is 5.65. The lowest BCUT2D eigenvalue weighted by Gasteiger charge is -1.99. The van der Waals surface area contributed by atoms with Gasteiger partial charge >= 0.3 is 5.97 Å². The Morgan fingerprint density at radius 2 is 1.89 bits per heavy atom. The van der Waals surface area contributed by atoms with E-state index in [0.29, 0.717) is 11.6 Å². The summed E-state index contributed by atoms with van der Waals surface area (Å²) in [5.74, 6) is -0.679. The topological polar surface area (TPSA) is 79.5 Å². The molecular weight excluding hydrogens is 244 g/mol. The number of benzene rings is 1. The molecule has 0 aliphatic carbocycles. The van der Waals surface area contributed by atoms with Crippen LogP contribution in [0.25, 0.3) is 5.65 Å². The molecule has 94 valence electrons. The molecule has 0 spiro atoms. The number of para-hydroxylation sites is 1. The number of pyridine rings is 1. The molecule has 0 unspecified atom stereocenters. The maximum atomic E-state index is 11.1. The van der Waals surface area contributed by atoms with Gasteiger partial charge in [-0.1, -0.05) is 24.3 Å². The normalized spacial score (nSPS) is 10.5. The van der Waals surface area contributed by atoms with Crippen molar-refractivity contribution in [2.75, 3.05) is 5.32 Å². The summed E-state index contributed by atoms with van der Waals surface area (Å²) < 4.78 is 1.30. The monoisotopic (exact) mass is 254 g/mol. The van der Waals surface area contributed by atoms with Gasteiger partial charge in [0.05, 0.1) is 0 Å². The van der Waals surface area contributed by atoms with E-state index in [-0.39, 0.29) is 5.69 Å². The lowest BCUT2D eigenvalue weighted by atomic mass is 10.3. The number of carboxylic acid groups (broad SMARTS) is 1. The van der Waals surface area contributed by atoms with Gasteiger partial charge in [0.1, 0.15) is 0 Å². The first-order chi connectivity index (χ1) is 9.24. The Kier molecular flexibility index (Phi) is 2.60. The van der Waals surface area contributed by atoms with Crippen molar-refractivity contribution >= 4 is 23.3 Å². The number of rotatable bonds is 3. The standard InChI is InChI=1S/C13H10N4O2/c18-12(19)10-7-4-8-11-15-13(16-17(10)11)14-9-5-2-1-3-6-9/h1-8H,(H,14,16)(H,18,19). The van der Waals surface area contributed by atoms with Gasteiger partial charge in [0.25, 0.3) is 0 Å². The molecule has 0 bridgehead atoms. The summed E-state index contributed by atoms with van der Waals surface area (Å²) in [6, 6.07) is 14.3. The van der Waals surface area contributed by atoms with Crippen molar-refractivity contribution in [1.29, 1.82) is 0 Å². The second-order valence-electron chi connectivity index (χ2n) is 3.91. The van der Waals surface area contributed by atoms with Gasteiger partial charge in [-0.05, 0) is 24.3 Å². The summed E-state index contributed by atoms with van der Waals surface area (Å²) >= 11 is 0. The highest BCUT2D eigenvalue weighted by molar-refractivity contribution is 5.86. The summed E-state index contributed by atoms with van der Waals surface area (Å²) in [5.41, 5.74) is 1.40. The van der Waals surface area contributed by atoms with Gasteiger partial charge in [0, 0.05) is 5.69 Å². The van der Waals surface area contributed by atoms with Crippen LogP contribution in [0.3, 0.4) is 0 Å². The molecule has 0 radical (unpaired) electrons. The number of aromatic nitrogens is 3. The minimum Gasteiger partial charge on any atom is -0.477 e. The number of aromatic carboxylic acids is 1. The van der Waals surface area contributed by atoms with Crippen molar-refractivity contribution in [1.82, 2.24) is 14.6 Å². The van der Waals surface area contributed by atoms with E-state index in [9.17, 15) is 4.79 Å². The van der Waals surface area contributed by atoms with Crippen LogP contribution in [-0.2, 0) is 0 Å². The van der Waals surface area contributed by atoms with E-state index in [1.807, 2.05) is 30.3 Å². The first-order valence-corrected chi connectivity index (χ1v) is 5.65. The molecule has 6 heteroatoms. The summed E-state index contributed by atoms with van der Waals surface area (Å²) in [4.78, 5) is 15.3. The van der Waals surface area contributed by atoms with Crippen LogP contribution >= 0.6 is 0 Å². The first kappa shape index (κ1) is 11.2. The molecule has 1 aromatic carbocycles. The molecule has 19 heavy (non-hydrogen) atoms. The molecule has 0 aliphatic heterocycles. The predicted octanol–water partition coefficient (Wildman–Crippen LogP) is 2.17. The largest absolute Gasteiger partial charge is 0.477 e. The maximum absolute atomic E-state index is 11.1. The van der Waals surface area contributed by atoms with Crippen molar-refractivity contribution in [2.24, 2.45) is 0 Å². The highest BCUT2D eigenvalue weighted by Crippen LogP contribution is 2.14. The van der Waals surface area contributed by atoms with E-state index in [2.05, 4.69) is 15.4 Å². The molecule has 0 saturated carbocycles. The number of carboxylic acids is 1. The Hall–Kier alpha value is -2.89. The van der Waals surface area contributed by atoms with Gasteiger partial charge < -0.3 is 10.4 Å². The van der Waals surface area contributed by atoms with Crippen molar-refractivity contribution in [3.63, 3.8) is 0 Å².